The highest BCUT2D eigenvalue weighted by atomic mass is 19.1. The van der Waals surface area contributed by atoms with Gasteiger partial charge in [-0.2, -0.15) is 0 Å². The summed E-state index contributed by atoms with van der Waals surface area (Å²) >= 11 is 0. The normalized spacial score (nSPS) is 52.0. The predicted molar refractivity (Wildman–Crippen MR) is 92.6 cm³/mol. The highest BCUT2D eigenvalue weighted by Crippen LogP contribution is 2.69. The molecule has 7 atom stereocenters. The molecule has 0 amide bonds. The molecular formula is C21H29FO3. The highest BCUT2D eigenvalue weighted by molar-refractivity contribution is 5.91. The summed E-state index contributed by atoms with van der Waals surface area (Å²) in [6, 6.07) is 0. The summed E-state index contributed by atoms with van der Waals surface area (Å²) in [5.41, 5.74) is -1.84. The Kier molecular flexibility index (Phi) is 3.65. The van der Waals surface area contributed by atoms with Crippen LogP contribution < -0.4 is 0 Å². The molecule has 4 rings (SSSR count). The average molecular weight is 348 g/mol. The summed E-state index contributed by atoms with van der Waals surface area (Å²) in [6.45, 7) is 5.65. The maximum atomic E-state index is 16.7. The van der Waals surface area contributed by atoms with E-state index in [9.17, 15) is 14.7 Å². The number of alkyl halides is 1. The van der Waals surface area contributed by atoms with Crippen LogP contribution in [0.3, 0.4) is 0 Å². The fourth-order valence-corrected chi connectivity index (χ4v) is 7.24. The third-order valence-corrected chi connectivity index (χ3v) is 8.53. The lowest BCUT2D eigenvalue weighted by Crippen LogP contribution is -2.67. The summed E-state index contributed by atoms with van der Waals surface area (Å²) in [7, 11) is 0. The van der Waals surface area contributed by atoms with Gasteiger partial charge in [0.1, 0.15) is 11.5 Å². The molecule has 0 spiro atoms. The number of Topliss-reactive ketones (excluding diaryl/α,β-unsaturated/α-hetero) is 1. The molecular weight excluding hydrogens is 319 g/mol. The number of carbonyl (C=O) groups is 2. The van der Waals surface area contributed by atoms with E-state index in [0.29, 0.717) is 25.7 Å². The second kappa shape index (κ2) is 5.25. The van der Waals surface area contributed by atoms with Gasteiger partial charge in [0.2, 0.25) is 0 Å². The van der Waals surface area contributed by atoms with Crippen molar-refractivity contribution in [3.05, 3.63) is 11.6 Å². The number of ketones is 2. The lowest BCUT2D eigenvalue weighted by Gasteiger charge is -2.62. The minimum atomic E-state index is -1.69. The minimum absolute atomic E-state index is 0.0608. The molecule has 4 heteroatoms. The van der Waals surface area contributed by atoms with Crippen LogP contribution in [0.1, 0.15) is 65.7 Å². The van der Waals surface area contributed by atoms with Crippen LogP contribution >= 0.6 is 0 Å². The van der Waals surface area contributed by atoms with Crippen molar-refractivity contribution in [2.24, 2.45) is 28.6 Å². The number of hydrogen-bond acceptors (Lipinski definition) is 3. The first-order chi connectivity index (χ1) is 11.6. The molecule has 0 saturated heterocycles. The zero-order valence-corrected chi connectivity index (χ0v) is 15.5. The zero-order chi connectivity index (χ0) is 18.2. The van der Waals surface area contributed by atoms with Gasteiger partial charge in [-0.3, -0.25) is 9.59 Å². The Morgan fingerprint density at radius 2 is 1.92 bits per heavy atom. The van der Waals surface area contributed by atoms with Gasteiger partial charge in [-0.1, -0.05) is 19.4 Å². The monoisotopic (exact) mass is 348 g/mol. The minimum Gasteiger partial charge on any atom is -0.390 e. The number of halogens is 1. The van der Waals surface area contributed by atoms with Gasteiger partial charge in [0.05, 0.1) is 6.10 Å². The molecule has 25 heavy (non-hydrogen) atoms. The Morgan fingerprint density at radius 3 is 2.60 bits per heavy atom. The molecule has 1 N–H and O–H groups in total. The first-order valence-electron chi connectivity index (χ1n) is 9.76. The number of fused-ring (bicyclic) bond motifs is 5. The Labute approximate surface area is 149 Å². The van der Waals surface area contributed by atoms with E-state index in [2.05, 4.69) is 6.92 Å². The summed E-state index contributed by atoms with van der Waals surface area (Å²) in [5.74, 6) is 0.123. The van der Waals surface area contributed by atoms with E-state index in [1.54, 1.807) is 13.0 Å². The van der Waals surface area contributed by atoms with Crippen LogP contribution in [-0.4, -0.2) is 28.4 Å². The van der Waals surface area contributed by atoms with Gasteiger partial charge in [0, 0.05) is 23.7 Å². The molecule has 3 nitrogen and oxygen atoms in total. The molecule has 0 aromatic carbocycles. The van der Waals surface area contributed by atoms with E-state index < -0.39 is 17.2 Å². The Balaban J connectivity index is 1.79. The molecule has 0 aromatic rings. The van der Waals surface area contributed by atoms with Gasteiger partial charge in [0.15, 0.2) is 5.78 Å². The molecule has 4 aliphatic rings. The van der Waals surface area contributed by atoms with Gasteiger partial charge in [-0.05, 0) is 62.9 Å². The maximum Gasteiger partial charge on any atom is 0.155 e. The second-order valence-electron chi connectivity index (χ2n) is 9.45. The van der Waals surface area contributed by atoms with E-state index in [4.69, 9.17) is 0 Å². The van der Waals surface area contributed by atoms with Crippen LogP contribution in [0.2, 0.25) is 0 Å². The van der Waals surface area contributed by atoms with Crippen LogP contribution in [0.5, 0.6) is 0 Å². The summed E-state index contributed by atoms with van der Waals surface area (Å²) in [4.78, 5) is 24.0. The fourth-order valence-electron chi connectivity index (χ4n) is 7.24. The summed E-state index contributed by atoms with van der Waals surface area (Å²) < 4.78 is 16.7. The van der Waals surface area contributed by atoms with E-state index >= 15 is 4.39 Å². The van der Waals surface area contributed by atoms with Crippen LogP contribution in [0, 0.1) is 28.6 Å². The Bertz CT molecular complexity index is 670. The first-order valence-corrected chi connectivity index (χ1v) is 9.76. The second-order valence-corrected chi connectivity index (χ2v) is 9.45. The zero-order valence-electron chi connectivity index (χ0n) is 15.5. The summed E-state index contributed by atoms with van der Waals surface area (Å²) in [5, 5.41) is 11.0. The SMILES string of the molecule is CC(=O)[C@H]1CC[C@H]2[C@@H]3CCC4=CC(=O)CC[C@]4(C)[C@@]3(F)[C@H](O)C[C@]12C. The number of rotatable bonds is 1. The third kappa shape index (κ3) is 2.01. The number of aliphatic hydroxyl groups is 1. The molecule has 0 aliphatic heterocycles. The van der Waals surface area contributed by atoms with Crippen molar-refractivity contribution in [1.29, 1.82) is 0 Å². The van der Waals surface area contributed by atoms with Crippen LogP contribution in [0.15, 0.2) is 11.6 Å². The quantitative estimate of drug-likeness (QED) is 0.784. The van der Waals surface area contributed by atoms with Crippen molar-refractivity contribution in [2.45, 2.75) is 77.5 Å². The number of allylic oxidation sites excluding steroid dienone is 1. The highest BCUT2D eigenvalue weighted by Gasteiger charge is 2.70. The topological polar surface area (TPSA) is 54.4 Å². The largest absolute Gasteiger partial charge is 0.390 e. The smallest absolute Gasteiger partial charge is 0.155 e. The van der Waals surface area contributed by atoms with E-state index in [-0.39, 0.29) is 34.7 Å². The number of hydrogen-bond donors (Lipinski definition) is 1. The Hall–Kier alpha value is -1.03. The maximum absolute atomic E-state index is 16.7. The average Bonchev–Trinajstić information content (AvgIpc) is 2.87. The molecule has 0 heterocycles. The molecule has 3 fully saturated rings. The lowest BCUT2D eigenvalue weighted by atomic mass is 9.44. The van der Waals surface area contributed by atoms with E-state index in [1.165, 1.54) is 0 Å². The van der Waals surface area contributed by atoms with Gasteiger partial charge in [-0.15, -0.1) is 0 Å². The third-order valence-electron chi connectivity index (χ3n) is 8.53. The van der Waals surface area contributed by atoms with Gasteiger partial charge in [-0.25, -0.2) is 4.39 Å². The lowest BCUT2D eigenvalue weighted by molar-refractivity contribution is -0.208. The number of aliphatic hydroxyl groups excluding tert-OH is 1. The van der Waals surface area contributed by atoms with Crippen molar-refractivity contribution < 1.29 is 19.1 Å². The van der Waals surface area contributed by atoms with Gasteiger partial charge in [0.25, 0.3) is 0 Å². The van der Waals surface area contributed by atoms with E-state index in [1.807, 2.05) is 6.92 Å². The molecule has 0 aromatic heterocycles. The van der Waals surface area contributed by atoms with Crippen LogP contribution in [0.25, 0.3) is 0 Å². The van der Waals surface area contributed by atoms with Crippen molar-refractivity contribution in [1.82, 2.24) is 0 Å². The van der Waals surface area contributed by atoms with Crippen molar-refractivity contribution in [2.75, 3.05) is 0 Å². The predicted octanol–water partition coefficient (Wildman–Crippen LogP) is 3.79. The van der Waals surface area contributed by atoms with E-state index in [0.717, 1.165) is 24.8 Å². The van der Waals surface area contributed by atoms with Crippen molar-refractivity contribution in [3.8, 4) is 0 Å². The first kappa shape index (κ1) is 17.4. The standard InChI is InChI=1S/C21H29FO3/c1-12(23)15-6-7-16-17-5-4-13-10-14(24)8-9-20(13,3)21(17,22)18(25)11-19(15,16)2/h10,15-18,25H,4-9,11H2,1-3H3/t15-,16+,17+,18-,19-,20+,21+/m1/s1. The molecule has 0 bridgehead atoms. The van der Waals surface area contributed by atoms with Crippen LogP contribution in [0.4, 0.5) is 4.39 Å². The molecule has 138 valence electrons. The van der Waals surface area contributed by atoms with Gasteiger partial charge < -0.3 is 5.11 Å². The Morgan fingerprint density at radius 1 is 1.20 bits per heavy atom. The number of carbonyl (C=O) groups excluding carboxylic acids is 2. The molecule has 0 radical (unpaired) electrons. The summed E-state index contributed by atoms with van der Waals surface area (Å²) in [6.07, 6.45) is 4.88. The van der Waals surface area contributed by atoms with Crippen molar-refractivity contribution >= 4 is 11.6 Å². The molecule has 4 aliphatic carbocycles. The van der Waals surface area contributed by atoms with Crippen molar-refractivity contribution in [3.63, 3.8) is 0 Å². The molecule has 0 unspecified atom stereocenters. The molecule has 3 saturated carbocycles. The van der Waals surface area contributed by atoms with Gasteiger partial charge >= 0.3 is 0 Å². The fraction of sp³-hybridized carbons (Fsp3) is 0.810. The van der Waals surface area contributed by atoms with Crippen LogP contribution in [-0.2, 0) is 9.59 Å².